The minimum absolute atomic E-state index is 0.00704. The molecule has 260 valence electrons. The lowest BCUT2D eigenvalue weighted by Crippen LogP contribution is -2.04. The second-order valence-electron chi connectivity index (χ2n) is 10.9. The Bertz CT molecular complexity index is 2100. The smallest absolute Gasteiger partial charge is 0.416 e. The summed E-state index contributed by atoms with van der Waals surface area (Å²) in [5.74, 6) is 1.65. The molecule has 0 aromatic heterocycles. The van der Waals surface area contributed by atoms with Gasteiger partial charge in [0, 0.05) is 12.1 Å². The molecular weight excluding hydrogens is 698 g/mol. The summed E-state index contributed by atoms with van der Waals surface area (Å²) < 4.78 is 128. The summed E-state index contributed by atoms with van der Waals surface area (Å²) in [4.78, 5) is -0.0193. The summed E-state index contributed by atoms with van der Waals surface area (Å²) in [6, 6.07) is 32.7. The van der Waals surface area contributed by atoms with Crippen LogP contribution in [0.25, 0.3) is 0 Å². The average Bonchev–Trinajstić information content (AvgIpc) is 3.09. The number of alkyl halides is 6. The van der Waals surface area contributed by atoms with Crippen molar-refractivity contribution in [3.8, 4) is 46.0 Å². The van der Waals surface area contributed by atoms with E-state index in [-0.39, 0.29) is 32.8 Å². The van der Waals surface area contributed by atoms with Crippen LogP contribution in [0.1, 0.15) is 11.1 Å². The van der Waals surface area contributed by atoms with Crippen molar-refractivity contribution < 1.29 is 53.7 Å². The topological polar surface area (TPSA) is 71.1 Å². The molecule has 0 atom stereocenters. The lowest BCUT2D eigenvalue weighted by molar-refractivity contribution is -0.138. The quantitative estimate of drug-likeness (QED) is 0.131. The van der Waals surface area contributed by atoms with Gasteiger partial charge < -0.3 is 18.9 Å². The molecule has 51 heavy (non-hydrogen) atoms. The predicted molar refractivity (Wildman–Crippen MR) is 174 cm³/mol. The Kier molecular flexibility index (Phi) is 9.66. The van der Waals surface area contributed by atoms with Crippen LogP contribution in [0.15, 0.2) is 155 Å². The molecule has 0 radical (unpaired) electrons. The molecule has 0 saturated heterocycles. The first-order valence-corrected chi connectivity index (χ1v) is 16.4. The summed E-state index contributed by atoms with van der Waals surface area (Å²) in [5, 5.41) is 0. The second kappa shape index (κ2) is 14.1. The van der Waals surface area contributed by atoms with Gasteiger partial charge in [0.1, 0.15) is 46.0 Å². The molecule has 6 rings (SSSR count). The lowest BCUT2D eigenvalue weighted by Gasteiger charge is -2.12. The van der Waals surface area contributed by atoms with Crippen molar-refractivity contribution in [2.45, 2.75) is 22.1 Å². The highest BCUT2D eigenvalue weighted by Gasteiger charge is 2.31. The molecule has 0 spiro atoms. The minimum Gasteiger partial charge on any atom is -0.457 e. The standard InChI is InChI=1S/C38H24F6O6S/c39-37(40,41)25-5-1-7-29(21-25)49-33-11-3-9-31(23-33)47-27-13-17-35(18-14-27)51(45,46)36-19-15-28(16-20-36)48-32-10-4-12-34(24-32)50-30-8-2-6-26(22-30)38(42,43)44/h1-24H. The van der Waals surface area contributed by atoms with Gasteiger partial charge in [0.05, 0.1) is 20.9 Å². The predicted octanol–water partition coefficient (Wildman–Crippen LogP) is 11.7. The van der Waals surface area contributed by atoms with Crippen LogP contribution in [0, 0.1) is 0 Å². The van der Waals surface area contributed by atoms with E-state index in [1.165, 1.54) is 84.9 Å². The third kappa shape index (κ3) is 8.81. The van der Waals surface area contributed by atoms with Gasteiger partial charge in [0.15, 0.2) is 0 Å². The molecule has 13 heteroatoms. The molecule has 0 aliphatic carbocycles. The Hall–Kier alpha value is -5.95. The molecule has 0 unspecified atom stereocenters. The number of benzene rings is 6. The van der Waals surface area contributed by atoms with Crippen LogP contribution < -0.4 is 18.9 Å². The van der Waals surface area contributed by atoms with E-state index < -0.39 is 33.3 Å². The number of sulfone groups is 1. The van der Waals surface area contributed by atoms with Gasteiger partial charge in [-0.1, -0.05) is 24.3 Å². The maximum atomic E-state index is 13.3. The molecule has 0 N–H and O–H groups in total. The zero-order valence-electron chi connectivity index (χ0n) is 26.0. The van der Waals surface area contributed by atoms with Crippen LogP contribution in [0.3, 0.4) is 0 Å². The van der Waals surface area contributed by atoms with Gasteiger partial charge >= 0.3 is 12.4 Å². The van der Waals surface area contributed by atoms with Gasteiger partial charge in [-0.05, 0) is 109 Å². The van der Waals surface area contributed by atoms with Crippen molar-refractivity contribution in [1.82, 2.24) is 0 Å². The number of rotatable bonds is 10. The molecular formula is C38H24F6O6S. The third-order valence-corrected chi connectivity index (χ3v) is 8.93. The van der Waals surface area contributed by atoms with Gasteiger partial charge in [-0.2, -0.15) is 26.3 Å². The largest absolute Gasteiger partial charge is 0.457 e. The fourth-order valence-corrected chi connectivity index (χ4v) is 5.99. The van der Waals surface area contributed by atoms with Gasteiger partial charge in [-0.15, -0.1) is 0 Å². The van der Waals surface area contributed by atoms with Crippen LogP contribution in [-0.4, -0.2) is 8.42 Å². The SMILES string of the molecule is O=S(=O)(c1ccc(Oc2cccc(Oc3cccc(C(F)(F)F)c3)c2)cc1)c1ccc(Oc2cccc(Oc3cccc(C(F)(F)F)c3)c2)cc1. The molecule has 0 aliphatic heterocycles. The van der Waals surface area contributed by atoms with Crippen LogP contribution in [0.2, 0.25) is 0 Å². The highest BCUT2D eigenvalue weighted by molar-refractivity contribution is 7.91. The molecule has 0 saturated carbocycles. The van der Waals surface area contributed by atoms with Gasteiger partial charge in [-0.3, -0.25) is 0 Å². The molecule has 0 fully saturated rings. The lowest BCUT2D eigenvalue weighted by atomic mass is 10.2. The first kappa shape index (κ1) is 34.9. The zero-order chi connectivity index (χ0) is 36.2. The minimum atomic E-state index is -4.52. The van der Waals surface area contributed by atoms with Gasteiger partial charge in [0.25, 0.3) is 0 Å². The number of halogens is 6. The van der Waals surface area contributed by atoms with E-state index in [0.29, 0.717) is 23.0 Å². The highest BCUT2D eigenvalue weighted by atomic mass is 32.2. The maximum absolute atomic E-state index is 13.3. The van der Waals surface area contributed by atoms with Crippen LogP contribution in [0.4, 0.5) is 26.3 Å². The van der Waals surface area contributed by atoms with E-state index in [1.54, 1.807) is 36.4 Å². The van der Waals surface area contributed by atoms with Crippen LogP contribution in [0.5, 0.6) is 46.0 Å². The van der Waals surface area contributed by atoms with Crippen molar-refractivity contribution in [1.29, 1.82) is 0 Å². The monoisotopic (exact) mass is 722 g/mol. The second-order valence-corrected chi connectivity index (χ2v) is 12.8. The summed E-state index contributed by atoms with van der Waals surface area (Å²) >= 11 is 0. The van der Waals surface area contributed by atoms with Gasteiger partial charge in [0.2, 0.25) is 9.84 Å². The number of ether oxygens (including phenoxy) is 4. The van der Waals surface area contributed by atoms with E-state index in [0.717, 1.165) is 24.3 Å². The normalized spacial score (nSPS) is 11.9. The van der Waals surface area contributed by atoms with E-state index in [4.69, 9.17) is 18.9 Å². The Morgan fingerprint density at radius 1 is 0.353 bits per heavy atom. The Morgan fingerprint density at radius 2 is 0.627 bits per heavy atom. The van der Waals surface area contributed by atoms with E-state index in [9.17, 15) is 34.8 Å². The van der Waals surface area contributed by atoms with Crippen LogP contribution >= 0.6 is 0 Å². The molecule has 0 aliphatic rings. The average molecular weight is 723 g/mol. The summed E-state index contributed by atoms with van der Waals surface area (Å²) in [5.41, 5.74) is -1.69. The molecule has 0 heterocycles. The van der Waals surface area contributed by atoms with E-state index in [2.05, 4.69) is 0 Å². The third-order valence-electron chi connectivity index (χ3n) is 7.14. The highest BCUT2D eigenvalue weighted by Crippen LogP contribution is 2.36. The molecule has 6 aromatic rings. The molecule has 0 bridgehead atoms. The molecule has 6 aromatic carbocycles. The zero-order valence-corrected chi connectivity index (χ0v) is 26.8. The van der Waals surface area contributed by atoms with Crippen molar-refractivity contribution in [2.24, 2.45) is 0 Å². The Balaban J connectivity index is 1.09. The Morgan fingerprint density at radius 3 is 0.941 bits per heavy atom. The van der Waals surface area contributed by atoms with Gasteiger partial charge in [-0.25, -0.2) is 8.42 Å². The van der Waals surface area contributed by atoms with Crippen molar-refractivity contribution in [2.75, 3.05) is 0 Å². The van der Waals surface area contributed by atoms with E-state index >= 15 is 0 Å². The first-order valence-electron chi connectivity index (χ1n) is 14.9. The number of hydrogen-bond acceptors (Lipinski definition) is 6. The van der Waals surface area contributed by atoms with Crippen molar-refractivity contribution in [3.05, 3.63) is 157 Å². The molecule has 6 nitrogen and oxygen atoms in total. The maximum Gasteiger partial charge on any atom is 0.416 e. The Labute approximate surface area is 288 Å². The fourth-order valence-electron chi connectivity index (χ4n) is 4.73. The first-order chi connectivity index (χ1) is 24.2. The van der Waals surface area contributed by atoms with Crippen molar-refractivity contribution in [3.63, 3.8) is 0 Å². The summed E-state index contributed by atoms with van der Waals surface area (Å²) in [6.07, 6.45) is -9.03. The summed E-state index contributed by atoms with van der Waals surface area (Å²) in [7, 11) is -3.94. The molecule has 0 amide bonds. The fraction of sp³-hybridized carbons (Fsp3) is 0.0526. The van der Waals surface area contributed by atoms with Crippen LogP contribution in [-0.2, 0) is 22.2 Å². The summed E-state index contributed by atoms with van der Waals surface area (Å²) in [6.45, 7) is 0. The number of hydrogen-bond donors (Lipinski definition) is 0. The van der Waals surface area contributed by atoms with E-state index in [1.807, 2.05) is 0 Å². The van der Waals surface area contributed by atoms with Crippen molar-refractivity contribution >= 4 is 9.84 Å².